The lowest BCUT2D eigenvalue weighted by atomic mass is 10.1. The van der Waals surface area contributed by atoms with E-state index in [0.717, 1.165) is 5.56 Å². The van der Waals surface area contributed by atoms with Crippen LogP contribution in [0.5, 0.6) is 5.95 Å². The Kier molecular flexibility index (Phi) is 3.53. The number of hydrogen-bond acceptors (Lipinski definition) is 5. The van der Waals surface area contributed by atoms with Crippen molar-refractivity contribution in [2.45, 2.75) is 6.54 Å². The minimum Gasteiger partial charge on any atom is -0.539 e. The van der Waals surface area contributed by atoms with Crippen molar-refractivity contribution >= 4 is 5.69 Å². The summed E-state index contributed by atoms with van der Waals surface area (Å²) in [5, 5.41) is 26.5. The summed E-state index contributed by atoms with van der Waals surface area (Å²) in [6.45, 7) is 0.338. The van der Waals surface area contributed by atoms with Crippen molar-refractivity contribution in [1.82, 2.24) is 5.27 Å². The number of rotatable bonds is 4. The summed E-state index contributed by atoms with van der Waals surface area (Å²) in [5.41, 5.74) is 1.43. The van der Waals surface area contributed by atoms with Crippen LogP contribution < -0.4 is 9.79 Å². The highest BCUT2D eigenvalue weighted by molar-refractivity contribution is 5.62. The fourth-order valence-corrected chi connectivity index (χ4v) is 2.17. The van der Waals surface area contributed by atoms with Gasteiger partial charge in [-0.15, -0.1) is 0 Å². The van der Waals surface area contributed by atoms with Crippen molar-refractivity contribution in [3.8, 4) is 17.2 Å². The first-order valence-corrected chi connectivity index (χ1v) is 6.51. The summed E-state index contributed by atoms with van der Waals surface area (Å²) in [6.07, 6.45) is 0. The molecule has 0 atom stereocenters. The molecule has 2 aromatic carbocycles. The second-order valence-corrected chi connectivity index (χ2v) is 4.66. The van der Waals surface area contributed by atoms with Crippen molar-refractivity contribution < 1.29 is 19.2 Å². The molecule has 0 aliphatic heterocycles. The molecular formula is C15H11N3O4. The molecule has 110 valence electrons. The normalized spacial score (nSPS) is 10.5. The second kappa shape index (κ2) is 5.65. The highest BCUT2D eigenvalue weighted by atomic mass is 16.6. The number of non-ortho nitro benzene ring substituents is 1. The molecule has 0 bridgehead atoms. The van der Waals surface area contributed by atoms with Crippen LogP contribution in [0, 0.1) is 10.1 Å². The van der Waals surface area contributed by atoms with E-state index in [9.17, 15) is 15.2 Å². The van der Waals surface area contributed by atoms with Gasteiger partial charge in [0.05, 0.1) is 15.8 Å². The molecule has 0 aliphatic rings. The molecule has 0 saturated carbocycles. The Morgan fingerprint density at radius 2 is 1.91 bits per heavy atom. The second-order valence-electron chi connectivity index (χ2n) is 4.66. The smallest absolute Gasteiger partial charge is 0.270 e. The molecule has 3 aromatic rings. The van der Waals surface area contributed by atoms with Crippen LogP contribution in [0.4, 0.5) is 5.69 Å². The number of hydrogen-bond donors (Lipinski definition) is 0. The number of benzene rings is 2. The van der Waals surface area contributed by atoms with E-state index < -0.39 is 10.9 Å². The molecule has 0 saturated heterocycles. The zero-order valence-corrected chi connectivity index (χ0v) is 11.4. The van der Waals surface area contributed by atoms with E-state index in [2.05, 4.69) is 5.27 Å². The molecule has 0 radical (unpaired) electrons. The third-order valence-corrected chi connectivity index (χ3v) is 3.18. The zero-order valence-electron chi connectivity index (χ0n) is 11.4. The van der Waals surface area contributed by atoms with Crippen LogP contribution in [0.3, 0.4) is 0 Å². The summed E-state index contributed by atoms with van der Waals surface area (Å²) in [7, 11) is 0. The van der Waals surface area contributed by atoms with Gasteiger partial charge in [0.25, 0.3) is 11.4 Å². The van der Waals surface area contributed by atoms with Gasteiger partial charge in [0.1, 0.15) is 0 Å². The van der Waals surface area contributed by atoms with Crippen molar-refractivity contribution in [3.63, 3.8) is 0 Å². The summed E-state index contributed by atoms with van der Waals surface area (Å²) < 4.78 is 6.11. The molecule has 22 heavy (non-hydrogen) atoms. The fraction of sp³-hybridized carbons (Fsp3) is 0.0667. The monoisotopic (exact) mass is 297 g/mol. The molecule has 0 spiro atoms. The van der Waals surface area contributed by atoms with Gasteiger partial charge in [-0.3, -0.25) is 10.1 Å². The Balaban J connectivity index is 2.02. The van der Waals surface area contributed by atoms with Gasteiger partial charge in [0, 0.05) is 17.7 Å². The minimum absolute atomic E-state index is 0.0932. The maximum Gasteiger partial charge on any atom is 0.270 e. The maximum absolute atomic E-state index is 11.9. The first-order chi connectivity index (χ1) is 10.6. The van der Waals surface area contributed by atoms with Crippen molar-refractivity contribution in [3.05, 3.63) is 70.3 Å². The van der Waals surface area contributed by atoms with Crippen LogP contribution in [0.1, 0.15) is 5.56 Å². The lowest BCUT2D eigenvalue weighted by Gasteiger charge is -2.00. The lowest BCUT2D eigenvalue weighted by molar-refractivity contribution is -0.745. The van der Waals surface area contributed by atoms with Gasteiger partial charge in [0.2, 0.25) is 6.54 Å². The summed E-state index contributed by atoms with van der Waals surface area (Å²) >= 11 is 0. The Bertz CT molecular complexity index is 815. The molecule has 0 N–H and O–H groups in total. The first kappa shape index (κ1) is 13.7. The molecule has 1 aromatic heterocycles. The van der Waals surface area contributed by atoms with Crippen LogP contribution in [0.2, 0.25) is 0 Å². The fourth-order valence-electron chi connectivity index (χ4n) is 2.17. The molecule has 3 rings (SSSR count). The quantitative estimate of drug-likeness (QED) is 0.414. The number of aromatic nitrogens is 2. The van der Waals surface area contributed by atoms with E-state index in [1.165, 1.54) is 22.9 Å². The lowest BCUT2D eigenvalue weighted by Crippen LogP contribution is -2.38. The molecular weight excluding hydrogens is 286 g/mol. The van der Waals surface area contributed by atoms with Gasteiger partial charge in [-0.25, -0.2) is 0 Å². The zero-order chi connectivity index (χ0) is 15.5. The highest BCUT2D eigenvalue weighted by Crippen LogP contribution is 2.26. The third-order valence-electron chi connectivity index (χ3n) is 3.18. The van der Waals surface area contributed by atoms with Crippen molar-refractivity contribution in [2.75, 3.05) is 0 Å². The Morgan fingerprint density at radius 3 is 2.64 bits per heavy atom. The van der Waals surface area contributed by atoms with E-state index in [4.69, 9.17) is 4.52 Å². The van der Waals surface area contributed by atoms with Crippen molar-refractivity contribution in [2.24, 2.45) is 0 Å². The van der Waals surface area contributed by atoms with Crippen LogP contribution in [-0.2, 0) is 6.54 Å². The largest absolute Gasteiger partial charge is 0.539 e. The Morgan fingerprint density at radius 1 is 1.14 bits per heavy atom. The van der Waals surface area contributed by atoms with Crippen LogP contribution in [0.15, 0.2) is 59.1 Å². The van der Waals surface area contributed by atoms with Gasteiger partial charge in [0.15, 0.2) is 5.95 Å². The van der Waals surface area contributed by atoms with Gasteiger partial charge in [-0.1, -0.05) is 41.1 Å². The summed E-state index contributed by atoms with van der Waals surface area (Å²) in [4.78, 5) is 10.4. The van der Waals surface area contributed by atoms with E-state index in [0.29, 0.717) is 12.1 Å². The van der Waals surface area contributed by atoms with Crippen LogP contribution in [0.25, 0.3) is 11.3 Å². The van der Waals surface area contributed by atoms with Gasteiger partial charge >= 0.3 is 0 Å². The van der Waals surface area contributed by atoms with Crippen LogP contribution in [-0.4, -0.2) is 10.2 Å². The predicted molar refractivity (Wildman–Crippen MR) is 73.8 cm³/mol. The van der Waals surface area contributed by atoms with Gasteiger partial charge in [-0.05, 0) is 6.07 Å². The maximum atomic E-state index is 11.9. The Hall–Kier alpha value is -3.22. The van der Waals surface area contributed by atoms with E-state index in [1.807, 2.05) is 30.3 Å². The van der Waals surface area contributed by atoms with E-state index in [1.54, 1.807) is 6.07 Å². The molecule has 1 heterocycles. The van der Waals surface area contributed by atoms with Crippen LogP contribution >= 0.6 is 0 Å². The number of nitro benzene ring substituents is 1. The molecule has 0 aliphatic carbocycles. The summed E-state index contributed by atoms with van der Waals surface area (Å²) in [6, 6.07) is 15.3. The predicted octanol–water partition coefficient (Wildman–Crippen LogP) is 1.66. The molecule has 0 unspecified atom stereocenters. The molecule has 7 heteroatoms. The molecule has 7 nitrogen and oxygen atoms in total. The van der Waals surface area contributed by atoms with E-state index >= 15 is 0 Å². The number of nitro groups is 1. The number of nitrogens with zero attached hydrogens (tertiary/aromatic N) is 3. The first-order valence-electron chi connectivity index (χ1n) is 6.51. The van der Waals surface area contributed by atoms with Gasteiger partial charge in [-0.2, -0.15) is 0 Å². The van der Waals surface area contributed by atoms with Crippen molar-refractivity contribution in [1.29, 1.82) is 0 Å². The highest BCUT2D eigenvalue weighted by Gasteiger charge is 2.21. The SMILES string of the molecule is O=[N+]([O-])c1cccc(-c2c([O-])on[n+]2Cc2ccccc2)c1. The Labute approximate surface area is 125 Å². The molecule has 0 fully saturated rings. The summed E-state index contributed by atoms with van der Waals surface area (Å²) in [5.74, 6) is -0.628. The molecule has 0 amide bonds. The standard InChI is InChI=1S/C15H11N3O4/c19-15-14(12-7-4-8-13(9-12)18(20)21)17(16-22-15)10-11-5-2-1-3-6-11/h1-9H,10H2. The van der Waals surface area contributed by atoms with Gasteiger partial charge < -0.3 is 9.63 Å². The average Bonchev–Trinajstić information content (AvgIpc) is 2.89. The van der Waals surface area contributed by atoms with E-state index in [-0.39, 0.29) is 11.4 Å². The average molecular weight is 297 g/mol. The third kappa shape index (κ3) is 2.64. The minimum atomic E-state index is -0.628. The topological polar surface area (TPSA) is 96.1 Å².